The summed E-state index contributed by atoms with van der Waals surface area (Å²) in [6.07, 6.45) is 0.317. The van der Waals surface area contributed by atoms with E-state index in [9.17, 15) is 18.7 Å². The van der Waals surface area contributed by atoms with Gasteiger partial charge < -0.3 is 19.3 Å². The van der Waals surface area contributed by atoms with Gasteiger partial charge in [0.25, 0.3) is 0 Å². The summed E-state index contributed by atoms with van der Waals surface area (Å²) in [5, 5.41) is 2.49. The van der Waals surface area contributed by atoms with Crippen molar-refractivity contribution in [3.63, 3.8) is 0 Å². The van der Waals surface area contributed by atoms with Crippen LogP contribution in [0.15, 0.2) is 0 Å². The Balaban J connectivity index is 1.91. The van der Waals surface area contributed by atoms with Gasteiger partial charge >= 0.3 is 21.4 Å². The highest BCUT2D eigenvalue weighted by atomic mass is 31.2. The number of hydrogen-bond donors (Lipinski definition) is 1. The molecule has 2 aliphatic heterocycles. The first-order valence-corrected chi connectivity index (χ1v) is 13.6. The first-order valence-electron chi connectivity index (χ1n) is 10.2. The smallest absolute Gasteiger partial charge is 0.438 e. The van der Waals surface area contributed by atoms with Crippen molar-refractivity contribution in [1.82, 2.24) is 5.32 Å². The van der Waals surface area contributed by atoms with E-state index in [2.05, 4.69) is 5.32 Å². The quantitative estimate of drug-likeness (QED) is 0.219. The van der Waals surface area contributed by atoms with E-state index in [1.807, 2.05) is 0 Å². The molecule has 0 aromatic heterocycles. The zero-order valence-corrected chi connectivity index (χ0v) is 19.9. The van der Waals surface area contributed by atoms with Gasteiger partial charge in [-0.25, -0.2) is 4.57 Å². The van der Waals surface area contributed by atoms with E-state index in [-0.39, 0.29) is 19.8 Å². The number of hydrogen-bond acceptors (Lipinski definition) is 11. The van der Waals surface area contributed by atoms with Gasteiger partial charge in [-0.15, -0.1) is 0 Å². The molecule has 12 nitrogen and oxygen atoms in total. The monoisotopic (exact) mass is 487 g/mol. The lowest BCUT2D eigenvalue weighted by Gasteiger charge is -2.26. The third kappa shape index (κ3) is 7.33. The van der Waals surface area contributed by atoms with Gasteiger partial charge in [0.2, 0.25) is 12.7 Å². The first kappa shape index (κ1) is 26.4. The Morgan fingerprint density at radius 1 is 0.903 bits per heavy atom. The third-order valence-corrected chi connectivity index (χ3v) is 7.64. The summed E-state index contributed by atoms with van der Waals surface area (Å²) < 4.78 is 60.0. The second kappa shape index (κ2) is 11.9. The van der Waals surface area contributed by atoms with Crippen LogP contribution in [-0.4, -0.2) is 64.1 Å². The maximum atomic E-state index is 12.7. The molecule has 2 heterocycles. The summed E-state index contributed by atoms with van der Waals surface area (Å²) in [6.45, 7) is 5.59. The fourth-order valence-corrected chi connectivity index (χ4v) is 5.45. The Morgan fingerprint density at radius 3 is 2.06 bits per heavy atom. The molecule has 2 rings (SSSR count). The van der Waals surface area contributed by atoms with Gasteiger partial charge in [0.05, 0.1) is 43.9 Å². The van der Waals surface area contributed by atoms with Crippen molar-refractivity contribution in [2.45, 2.75) is 45.8 Å². The average Bonchev–Trinajstić information content (AvgIpc) is 3.29. The van der Waals surface area contributed by atoms with Gasteiger partial charge in [-0.3, -0.25) is 32.2 Å². The predicted octanol–water partition coefficient (Wildman–Crippen LogP) is 2.43. The molecule has 14 heteroatoms. The standard InChI is InChI=1S/C17H31NO11P2/c1-5-24-30(4,21)28-11-23-17(20)15-13-9-8-12(29-13)14(15)16(19)18-10-27-31(22,25-6-2)26-7-3/h12-15H,5-11H2,1-4H3,(H,18,19). The van der Waals surface area contributed by atoms with Crippen LogP contribution < -0.4 is 5.32 Å². The summed E-state index contributed by atoms with van der Waals surface area (Å²) in [4.78, 5) is 25.3. The van der Waals surface area contributed by atoms with E-state index in [4.69, 9.17) is 32.1 Å². The number of amides is 1. The van der Waals surface area contributed by atoms with Gasteiger partial charge in [-0.05, 0) is 33.6 Å². The molecule has 1 amide bonds. The van der Waals surface area contributed by atoms with Crippen LogP contribution in [0.1, 0.15) is 33.6 Å². The van der Waals surface area contributed by atoms with Gasteiger partial charge in [0, 0.05) is 6.66 Å². The van der Waals surface area contributed by atoms with Crippen molar-refractivity contribution >= 4 is 27.3 Å². The second-order valence-electron chi connectivity index (χ2n) is 6.84. The summed E-state index contributed by atoms with van der Waals surface area (Å²) in [6, 6.07) is 0. The zero-order chi connectivity index (χ0) is 23.1. The third-order valence-electron chi connectivity index (χ3n) is 4.74. The van der Waals surface area contributed by atoms with Gasteiger partial charge in [0.1, 0.15) is 6.73 Å². The van der Waals surface area contributed by atoms with Crippen molar-refractivity contribution in [1.29, 1.82) is 0 Å². The number of esters is 1. The lowest BCUT2D eigenvalue weighted by molar-refractivity contribution is -0.160. The normalized spacial score (nSPS) is 27.1. The minimum absolute atomic E-state index is 0.107. The van der Waals surface area contributed by atoms with E-state index in [1.54, 1.807) is 20.8 Å². The molecular formula is C17H31NO11P2. The second-order valence-corrected chi connectivity index (χ2v) is 10.6. The Labute approximate surface area is 181 Å². The van der Waals surface area contributed by atoms with Gasteiger partial charge in [-0.1, -0.05) is 0 Å². The van der Waals surface area contributed by atoms with Crippen molar-refractivity contribution in [3.8, 4) is 0 Å². The van der Waals surface area contributed by atoms with Crippen molar-refractivity contribution in [3.05, 3.63) is 0 Å². The summed E-state index contributed by atoms with van der Waals surface area (Å²) in [5.74, 6) is -2.87. The molecule has 1 N–H and O–H groups in total. The van der Waals surface area contributed by atoms with Crippen LogP contribution in [-0.2, 0) is 50.8 Å². The highest BCUT2D eigenvalue weighted by molar-refractivity contribution is 7.52. The molecule has 0 saturated carbocycles. The van der Waals surface area contributed by atoms with Crippen LogP contribution >= 0.6 is 15.4 Å². The summed E-state index contributed by atoms with van der Waals surface area (Å²) >= 11 is 0. The van der Waals surface area contributed by atoms with Gasteiger partial charge in [0.15, 0.2) is 0 Å². The number of rotatable bonds is 14. The molecule has 5 unspecified atom stereocenters. The number of phosphoric ester groups is 1. The van der Waals surface area contributed by atoms with Crippen molar-refractivity contribution in [2.24, 2.45) is 11.8 Å². The molecule has 5 atom stereocenters. The maximum Gasteiger partial charge on any atom is 0.476 e. The molecule has 2 saturated heterocycles. The Morgan fingerprint density at radius 2 is 1.48 bits per heavy atom. The molecule has 0 radical (unpaired) electrons. The molecule has 2 bridgehead atoms. The van der Waals surface area contributed by atoms with E-state index < -0.39 is 64.9 Å². The largest absolute Gasteiger partial charge is 0.476 e. The van der Waals surface area contributed by atoms with Crippen LogP contribution in [0.4, 0.5) is 0 Å². The average molecular weight is 487 g/mol. The first-order chi connectivity index (χ1) is 14.7. The lowest BCUT2D eigenvalue weighted by Crippen LogP contribution is -2.45. The van der Waals surface area contributed by atoms with E-state index in [0.29, 0.717) is 12.8 Å². The number of carbonyl (C=O) groups excluding carboxylic acids is 2. The molecule has 31 heavy (non-hydrogen) atoms. The molecule has 0 aromatic carbocycles. The zero-order valence-electron chi connectivity index (χ0n) is 18.1. The Hall–Kier alpha value is -0.840. The summed E-state index contributed by atoms with van der Waals surface area (Å²) in [5.41, 5.74) is 0. The number of carbonyl (C=O) groups is 2. The van der Waals surface area contributed by atoms with E-state index in [1.165, 1.54) is 6.66 Å². The topological polar surface area (TPSA) is 145 Å². The Bertz CT molecular complexity index is 708. The molecule has 180 valence electrons. The van der Waals surface area contributed by atoms with Crippen LogP contribution in [0.2, 0.25) is 0 Å². The minimum atomic E-state index is -3.78. The molecule has 0 spiro atoms. The van der Waals surface area contributed by atoms with Crippen LogP contribution in [0.5, 0.6) is 0 Å². The maximum absolute atomic E-state index is 12.7. The molecular weight excluding hydrogens is 456 g/mol. The molecule has 0 aromatic rings. The molecule has 0 aliphatic carbocycles. The molecule has 2 fully saturated rings. The Kier molecular flexibility index (Phi) is 10.1. The van der Waals surface area contributed by atoms with Gasteiger partial charge in [-0.2, -0.15) is 0 Å². The minimum Gasteiger partial charge on any atom is -0.438 e. The van der Waals surface area contributed by atoms with Crippen LogP contribution in [0.3, 0.4) is 0 Å². The van der Waals surface area contributed by atoms with Crippen molar-refractivity contribution in [2.75, 3.05) is 40.0 Å². The molecule has 2 aliphatic rings. The number of fused-ring (bicyclic) bond motifs is 2. The van der Waals surface area contributed by atoms with Crippen molar-refractivity contribution < 1.29 is 50.8 Å². The number of phosphoric acid groups is 1. The fourth-order valence-electron chi connectivity index (χ4n) is 3.59. The highest BCUT2D eigenvalue weighted by Crippen LogP contribution is 2.49. The summed E-state index contributed by atoms with van der Waals surface area (Å²) in [7, 11) is -7.11. The number of ether oxygens (including phenoxy) is 2. The SMILES string of the molecule is CCOP(C)(=O)OCOC(=O)C1C2CCC(O2)C1C(=O)NCOP(=O)(OCC)OCC. The van der Waals surface area contributed by atoms with E-state index >= 15 is 0 Å². The van der Waals surface area contributed by atoms with Crippen LogP contribution in [0, 0.1) is 11.8 Å². The number of nitrogens with one attached hydrogen (secondary N) is 1. The predicted molar refractivity (Wildman–Crippen MR) is 107 cm³/mol. The van der Waals surface area contributed by atoms with Crippen LogP contribution in [0.25, 0.3) is 0 Å². The van der Waals surface area contributed by atoms with E-state index in [0.717, 1.165) is 0 Å². The highest BCUT2D eigenvalue weighted by Gasteiger charge is 2.56. The fraction of sp³-hybridized carbons (Fsp3) is 0.882. The lowest BCUT2D eigenvalue weighted by atomic mass is 9.78.